The number of hydrogen-bond donors (Lipinski definition) is 2. The molecule has 0 aliphatic carbocycles. The lowest BCUT2D eigenvalue weighted by atomic mass is 10.0. The third-order valence-corrected chi connectivity index (χ3v) is 6.99. The molecule has 2 N–H and O–H groups in total. The summed E-state index contributed by atoms with van der Waals surface area (Å²) in [7, 11) is 2.20. The number of aromatic nitrogens is 1. The number of para-hydroxylation sites is 1. The largest absolute Gasteiger partial charge is 0.388 e. The smallest absolute Gasteiger partial charge is 0.240 e. The highest BCUT2D eigenvalue weighted by atomic mass is 32.2. The van der Waals surface area contributed by atoms with Crippen LogP contribution in [0, 0.1) is 6.92 Å². The molecule has 1 aromatic heterocycles. The molecule has 0 fully saturated rings. The van der Waals surface area contributed by atoms with Crippen LogP contribution in [0.15, 0.2) is 53.6 Å². The molecule has 6 nitrogen and oxygen atoms in total. The summed E-state index contributed by atoms with van der Waals surface area (Å²) >= 11 is 0. The van der Waals surface area contributed by atoms with Crippen LogP contribution < -0.4 is 10.0 Å². The standard InChI is InChI=1S/C22H30N4O2S/c1-6-25(4)22(19-15-26(5)21-10-8-7-9-18(19)21)14-24-29(27,28)17-12-11-16(2)20(13-17)23-3/h7-13,15,22-24H,6,14H2,1-5H3. The normalized spacial score (nSPS) is 13.2. The second-order valence-electron chi connectivity index (χ2n) is 7.38. The van der Waals surface area contributed by atoms with Crippen molar-refractivity contribution >= 4 is 26.6 Å². The number of likely N-dealkylation sites (N-methyl/N-ethyl adjacent to an activating group) is 1. The number of nitrogens with zero attached hydrogens (tertiary/aromatic N) is 2. The zero-order chi connectivity index (χ0) is 21.2. The molecule has 156 valence electrons. The minimum Gasteiger partial charge on any atom is -0.388 e. The molecule has 0 saturated carbocycles. The lowest BCUT2D eigenvalue weighted by molar-refractivity contribution is 0.259. The highest BCUT2D eigenvalue weighted by Gasteiger charge is 2.24. The molecule has 1 atom stereocenters. The van der Waals surface area contributed by atoms with E-state index in [0.717, 1.165) is 34.3 Å². The molecule has 29 heavy (non-hydrogen) atoms. The van der Waals surface area contributed by atoms with Gasteiger partial charge in [-0.25, -0.2) is 13.1 Å². The molecule has 0 bridgehead atoms. The van der Waals surface area contributed by atoms with E-state index in [1.165, 1.54) is 0 Å². The van der Waals surface area contributed by atoms with Gasteiger partial charge in [0.05, 0.1) is 10.9 Å². The SMILES string of the molecule is CCN(C)C(CNS(=O)(=O)c1ccc(C)c(NC)c1)c1cn(C)c2ccccc12. The Kier molecular flexibility index (Phi) is 6.31. The number of sulfonamides is 1. The summed E-state index contributed by atoms with van der Waals surface area (Å²) in [4.78, 5) is 2.43. The minimum absolute atomic E-state index is 0.0740. The van der Waals surface area contributed by atoms with Gasteiger partial charge >= 0.3 is 0 Å². The fraction of sp³-hybridized carbons (Fsp3) is 0.364. The van der Waals surface area contributed by atoms with Crippen molar-refractivity contribution in [2.24, 2.45) is 7.05 Å². The Morgan fingerprint density at radius 2 is 1.90 bits per heavy atom. The molecule has 0 radical (unpaired) electrons. The van der Waals surface area contributed by atoms with Crippen molar-refractivity contribution in [3.63, 3.8) is 0 Å². The molecule has 7 heteroatoms. The molecular weight excluding hydrogens is 384 g/mol. The molecular formula is C22H30N4O2S. The Morgan fingerprint density at radius 3 is 2.59 bits per heavy atom. The Morgan fingerprint density at radius 1 is 1.17 bits per heavy atom. The molecule has 1 unspecified atom stereocenters. The number of anilines is 1. The van der Waals surface area contributed by atoms with Gasteiger partial charge in [0.2, 0.25) is 10.0 Å². The topological polar surface area (TPSA) is 66.4 Å². The van der Waals surface area contributed by atoms with Crippen LogP contribution in [0.2, 0.25) is 0 Å². The molecule has 3 rings (SSSR count). The van der Waals surface area contributed by atoms with E-state index < -0.39 is 10.0 Å². The first-order valence-electron chi connectivity index (χ1n) is 9.80. The van der Waals surface area contributed by atoms with Crippen molar-refractivity contribution in [2.75, 3.05) is 32.5 Å². The third-order valence-electron chi connectivity index (χ3n) is 5.57. The molecule has 0 spiro atoms. The van der Waals surface area contributed by atoms with E-state index in [1.807, 2.05) is 39.2 Å². The van der Waals surface area contributed by atoms with Crippen LogP contribution in [0.4, 0.5) is 5.69 Å². The highest BCUT2D eigenvalue weighted by molar-refractivity contribution is 7.89. The van der Waals surface area contributed by atoms with Crippen LogP contribution >= 0.6 is 0 Å². The van der Waals surface area contributed by atoms with Crippen molar-refractivity contribution < 1.29 is 8.42 Å². The van der Waals surface area contributed by atoms with E-state index in [-0.39, 0.29) is 10.9 Å². The van der Waals surface area contributed by atoms with Gasteiger partial charge in [-0.15, -0.1) is 0 Å². The second-order valence-corrected chi connectivity index (χ2v) is 9.15. The quantitative estimate of drug-likeness (QED) is 0.592. The maximum absolute atomic E-state index is 13.0. The maximum Gasteiger partial charge on any atom is 0.240 e. The van der Waals surface area contributed by atoms with Crippen LogP contribution in [0.3, 0.4) is 0 Å². The first-order valence-corrected chi connectivity index (χ1v) is 11.3. The molecule has 3 aromatic rings. The number of benzene rings is 2. The van der Waals surface area contributed by atoms with Crippen LogP contribution in [0.1, 0.15) is 24.1 Å². The van der Waals surface area contributed by atoms with Gasteiger partial charge in [-0.1, -0.05) is 31.2 Å². The summed E-state index contributed by atoms with van der Waals surface area (Å²) in [6.45, 7) is 5.13. The van der Waals surface area contributed by atoms with Gasteiger partial charge < -0.3 is 9.88 Å². The van der Waals surface area contributed by atoms with E-state index in [0.29, 0.717) is 6.54 Å². The predicted molar refractivity (Wildman–Crippen MR) is 120 cm³/mol. The number of rotatable bonds is 8. The first-order chi connectivity index (χ1) is 13.8. The maximum atomic E-state index is 13.0. The Hall–Kier alpha value is -2.35. The van der Waals surface area contributed by atoms with Crippen LogP contribution in [-0.2, 0) is 17.1 Å². The summed E-state index contributed by atoms with van der Waals surface area (Å²) in [6.07, 6.45) is 2.10. The first kappa shape index (κ1) is 21.4. The van der Waals surface area contributed by atoms with Gasteiger partial charge in [0, 0.05) is 43.4 Å². The fourth-order valence-corrected chi connectivity index (χ4v) is 4.74. The van der Waals surface area contributed by atoms with Crippen LogP contribution in [0.5, 0.6) is 0 Å². The number of hydrogen-bond acceptors (Lipinski definition) is 4. The van der Waals surface area contributed by atoms with Gasteiger partial charge in [0.15, 0.2) is 0 Å². The zero-order valence-corrected chi connectivity index (χ0v) is 18.5. The van der Waals surface area contributed by atoms with Gasteiger partial charge in [-0.05, 0) is 49.8 Å². The Bertz CT molecular complexity index is 1110. The number of aryl methyl sites for hydroxylation is 2. The van der Waals surface area contributed by atoms with E-state index in [4.69, 9.17) is 0 Å². The molecule has 0 amide bonds. The lowest BCUT2D eigenvalue weighted by Crippen LogP contribution is -2.36. The molecule has 0 saturated heterocycles. The van der Waals surface area contributed by atoms with Crippen LogP contribution in [-0.4, -0.2) is 45.1 Å². The summed E-state index contributed by atoms with van der Waals surface area (Å²) in [5.41, 5.74) is 4.07. The van der Waals surface area contributed by atoms with Crippen molar-refractivity contribution in [1.29, 1.82) is 0 Å². The van der Waals surface area contributed by atoms with E-state index in [9.17, 15) is 8.42 Å². The van der Waals surface area contributed by atoms with Gasteiger partial charge in [-0.2, -0.15) is 0 Å². The van der Waals surface area contributed by atoms with Gasteiger partial charge in [0.25, 0.3) is 0 Å². The lowest BCUT2D eigenvalue weighted by Gasteiger charge is -2.27. The van der Waals surface area contributed by atoms with E-state index >= 15 is 0 Å². The second kappa shape index (κ2) is 8.57. The minimum atomic E-state index is -3.62. The van der Waals surface area contributed by atoms with E-state index in [1.54, 1.807) is 19.2 Å². The molecule has 2 aromatic carbocycles. The average molecular weight is 415 g/mol. The molecule has 0 aliphatic heterocycles. The predicted octanol–water partition coefficient (Wildman–Crippen LogP) is 3.50. The number of nitrogens with one attached hydrogen (secondary N) is 2. The Balaban J connectivity index is 1.92. The van der Waals surface area contributed by atoms with Crippen molar-refractivity contribution in [1.82, 2.24) is 14.2 Å². The zero-order valence-electron chi connectivity index (χ0n) is 17.7. The number of fused-ring (bicyclic) bond motifs is 1. The highest BCUT2D eigenvalue weighted by Crippen LogP contribution is 2.29. The summed E-state index contributed by atoms with van der Waals surface area (Å²) in [5, 5.41) is 4.19. The van der Waals surface area contributed by atoms with Crippen molar-refractivity contribution in [2.45, 2.75) is 24.8 Å². The van der Waals surface area contributed by atoms with Crippen molar-refractivity contribution in [3.8, 4) is 0 Å². The summed E-state index contributed by atoms with van der Waals surface area (Å²) < 4.78 is 30.8. The van der Waals surface area contributed by atoms with Crippen molar-refractivity contribution in [3.05, 3.63) is 59.8 Å². The van der Waals surface area contributed by atoms with Gasteiger partial charge in [-0.3, -0.25) is 4.90 Å². The third kappa shape index (κ3) is 4.32. The monoisotopic (exact) mass is 414 g/mol. The summed E-state index contributed by atoms with van der Waals surface area (Å²) in [6, 6.07) is 13.3. The fourth-order valence-electron chi connectivity index (χ4n) is 3.67. The van der Waals surface area contributed by atoms with Crippen LogP contribution in [0.25, 0.3) is 10.9 Å². The Labute approximate surface area is 173 Å². The molecule has 0 aliphatic rings. The summed E-state index contributed by atoms with van der Waals surface area (Å²) in [5.74, 6) is 0. The molecule has 1 heterocycles. The van der Waals surface area contributed by atoms with E-state index in [2.05, 4.69) is 44.8 Å². The average Bonchev–Trinajstić information content (AvgIpc) is 3.04. The van der Waals surface area contributed by atoms with Gasteiger partial charge in [0.1, 0.15) is 0 Å².